The van der Waals surface area contributed by atoms with Crippen LogP contribution in [0.3, 0.4) is 0 Å². The molecule has 1 amide bonds. The minimum Gasteiger partial charge on any atom is -0.454 e. The summed E-state index contributed by atoms with van der Waals surface area (Å²) in [5, 5.41) is 3.51. The number of hydrogen-bond donors (Lipinski definition) is 1. The molecule has 0 radical (unpaired) electrons. The predicted octanol–water partition coefficient (Wildman–Crippen LogP) is 4.71. The molecule has 3 heterocycles. The monoisotopic (exact) mass is 509 g/mol. The van der Waals surface area contributed by atoms with Crippen LogP contribution < -0.4 is 14.8 Å². The van der Waals surface area contributed by atoms with Crippen LogP contribution in [-0.4, -0.2) is 41.2 Å². The van der Waals surface area contributed by atoms with Crippen LogP contribution in [0.2, 0.25) is 0 Å². The van der Waals surface area contributed by atoms with Gasteiger partial charge in [-0.15, -0.1) is 0 Å². The highest BCUT2D eigenvalue weighted by Crippen LogP contribution is 2.34. The number of nitrogens with zero attached hydrogens (tertiary/aromatic N) is 2. The Morgan fingerprint density at radius 1 is 1.03 bits per heavy atom. The lowest BCUT2D eigenvalue weighted by atomic mass is 9.95. The number of carbonyl (C=O) groups excluding carboxylic acids is 2. The summed E-state index contributed by atoms with van der Waals surface area (Å²) in [6.07, 6.45) is -0.285. The van der Waals surface area contributed by atoms with Gasteiger partial charge < -0.3 is 19.5 Å². The van der Waals surface area contributed by atoms with Gasteiger partial charge >= 0.3 is 5.97 Å². The number of benzene rings is 3. The molecule has 192 valence electrons. The number of anilines is 1. The van der Waals surface area contributed by atoms with Crippen molar-refractivity contribution in [1.82, 2.24) is 9.88 Å². The molecule has 38 heavy (non-hydrogen) atoms. The molecule has 1 N–H and O–H groups in total. The van der Waals surface area contributed by atoms with E-state index in [0.717, 1.165) is 41.7 Å². The number of nitrogens with one attached hydrogen (secondary N) is 1. The molecule has 8 heteroatoms. The summed E-state index contributed by atoms with van der Waals surface area (Å²) >= 11 is 0. The molecule has 0 aliphatic carbocycles. The first kappa shape index (κ1) is 23.9. The summed E-state index contributed by atoms with van der Waals surface area (Å²) < 4.78 is 16.4. The molecule has 1 aromatic heterocycles. The summed E-state index contributed by atoms with van der Waals surface area (Å²) in [7, 11) is 0. The number of hydrogen-bond acceptors (Lipinski definition) is 7. The fourth-order valence-electron chi connectivity index (χ4n) is 4.95. The zero-order valence-corrected chi connectivity index (χ0v) is 21.0. The van der Waals surface area contributed by atoms with Gasteiger partial charge in [-0.05, 0) is 30.7 Å². The van der Waals surface area contributed by atoms with Crippen LogP contribution in [0, 0.1) is 0 Å². The van der Waals surface area contributed by atoms with Gasteiger partial charge in [-0.25, -0.2) is 4.79 Å². The Labute approximate surface area is 220 Å². The third-order valence-electron chi connectivity index (χ3n) is 6.87. The third kappa shape index (κ3) is 4.78. The third-order valence-corrected chi connectivity index (χ3v) is 6.87. The molecule has 2 aliphatic rings. The first-order valence-electron chi connectivity index (χ1n) is 12.6. The van der Waals surface area contributed by atoms with E-state index >= 15 is 0 Å². The largest absolute Gasteiger partial charge is 0.454 e. The van der Waals surface area contributed by atoms with E-state index in [9.17, 15) is 9.59 Å². The summed E-state index contributed by atoms with van der Waals surface area (Å²) in [5.41, 5.74) is 4.73. The number of aromatic nitrogens is 1. The maximum Gasteiger partial charge on any atom is 0.339 e. The number of rotatable bonds is 6. The van der Waals surface area contributed by atoms with Crippen molar-refractivity contribution in [3.63, 3.8) is 0 Å². The minimum atomic E-state index is -1.01. The number of carbonyl (C=O) groups is 2. The van der Waals surface area contributed by atoms with E-state index in [-0.39, 0.29) is 6.79 Å². The second kappa shape index (κ2) is 10.1. The standard InChI is InChI=1S/C30H27N3O5/c1-19(29(34)31-21-11-12-26-27(15-21)37-18-36-26)38-30(35)28-22-9-5-6-10-24(22)32-25-13-14-33(17-23(25)28)16-20-7-3-2-4-8-20/h2-12,15,19H,13-14,16-18H2,1H3,(H,31,34). The number of pyridine rings is 1. The molecule has 1 atom stereocenters. The average Bonchev–Trinajstić information content (AvgIpc) is 3.40. The van der Waals surface area contributed by atoms with Gasteiger partial charge in [-0.3, -0.25) is 14.7 Å². The van der Waals surface area contributed by atoms with Crippen LogP contribution in [0.25, 0.3) is 10.9 Å². The van der Waals surface area contributed by atoms with E-state index in [1.165, 1.54) is 5.56 Å². The fraction of sp³-hybridized carbons (Fsp3) is 0.233. The van der Waals surface area contributed by atoms with Crippen molar-refractivity contribution in [2.45, 2.75) is 32.5 Å². The molecule has 8 nitrogen and oxygen atoms in total. The van der Waals surface area contributed by atoms with Gasteiger partial charge in [-0.1, -0.05) is 48.5 Å². The van der Waals surface area contributed by atoms with E-state index in [2.05, 4.69) is 22.3 Å². The number of esters is 1. The first-order chi connectivity index (χ1) is 18.5. The molecule has 6 rings (SSSR count). The molecule has 0 fully saturated rings. The van der Waals surface area contributed by atoms with E-state index < -0.39 is 18.0 Å². The van der Waals surface area contributed by atoms with Gasteiger partial charge in [0.25, 0.3) is 5.91 Å². The smallest absolute Gasteiger partial charge is 0.339 e. The van der Waals surface area contributed by atoms with Crippen molar-refractivity contribution in [2.75, 3.05) is 18.7 Å². The van der Waals surface area contributed by atoms with Crippen molar-refractivity contribution in [2.24, 2.45) is 0 Å². The lowest BCUT2D eigenvalue weighted by molar-refractivity contribution is -0.123. The normalized spacial score (nSPS) is 15.1. The summed E-state index contributed by atoms with van der Waals surface area (Å²) in [4.78, 5) is 33.7. The number of ether oxygens (including phenoxy) is 3. The van der Waals surface area contributed by atoms with E-state index in [1.54, 1.807) is 25.1 Å². The van der Waals surface area contributed by atoms with E-state index in [1.807, 2.05) is 42.5 Å². The van der Waals surface area contributed by atoms with Crippen LogP contribution in [0.5, 0.6) is 11.5 Å². The van der Waals surface area contributed by atoms with Crippen LogP contribution in [0.4, 0.5) is 5.69 Å². The summed E-state index contributed by atoms with van der Waals surface area (Å²) in [5.74, 6) is 0.213. The molecular formula is C30H27N3O5. The SMILES string of the molecule is CC(OC(=O)c1c2c(nc3ccccc13)CCN(Cc1ccccc1)C2)C(=O)Nc1ccc2c(c1)OCO2. The van der Waals surface area contributed by atoms with Crippen LogP contribution in [0.15, 0.2) is 72.8 Å². The van der Waals surface area contributed by atoms with Crippen molar-refractivity contribution in [3.05, 3.63) is 95.2 Å². The zero-order valence-electron chi connectivity index (χ0n) is 21.0. The molecule has 1 unspecified atom stereocenters. The number of amides is 1. The predicted molar refractivity (Wildman–Crippen MR) is 142 cm³/mol. The second-order valence-electron chi connectivity index (χ2n) is 9.48. The van der Waals surface area contributed by atoms with E-state index in [4.69, 9.17) is 19.2 Å². The maximum absolute atomic E-state index is 13.6. The molecular weight excluding hydrogens is 482 g/mol. The molecule has 2 aliphatic heterocycles. The fourth-order valence-corrected chi connectivity index (χ4v) is 4.95. The molecule has 0 saturated heterocycles. The lowest BCUT2D eigenvalue weighted by Crippen LogP contribution is -2.34. The van der Waals surface area contributed by atoms with Crippen LogP contribution >= 0.6 is 0 Å². The summed E-state index contributed by atoms with van der Waals surface area (Å²) in [6, 6.07) is 23.0. The Bertz CT molecular complexity index is 1520. The molecule has 0 spiro atoms. The molecule has 0 bridgehead atoms. The second-order valence-corrected chi connectivity index (χ2v) is 9.48. The van der Waals surface area contributed by atoms with Gasteiger partial charge in [0.2, 0.25) is 6.79 Å². The Kier molecular flexibility index (Phi) is 6.39. The van der Waals surface area contributed by atoms with Gasteiger partial charge in [0, 0.05) is 54.5 Å². The highest BCUT2D eigenvalue weighted by atomic mass is 16.7. The van der Waals surface area contributed by atoms with Crippen molar-refractivity contribution in [3.8, 4) is 11.5 Å². The van der Waals surface area contributed by atoms with Gasteiger partial charge in [0.1, 0.15) is 0 Å². The lowest BCUT2D eigenvalue weighted by Gasteiger charge is -2.30. The van der Waals surface area contributed by atoms with Crippen molar-refractivity contribution >= 4 is 28.5 Å². The summed E-state index contributed by atoms with van der Waals surface area (Å²) in [6.45, 7) is 3.90. The van der Waals surface area contributed by atoms with E-state index in [0.29, 0.717) is 29.3 Å². The Morgan fingerprint density at radius 2 is 1.82 bits per heavy atom. The topological polar surface area (TPSA) is 90.0 Å². The molecule has 4 aromatic rings. The Morgan fingerprint density at radius 3 is 2.68 bits per heavy atom. The molecule has 0 saturated carbocycles. The Balaban J connectivity index is 1.24. The van der Waals surface area contributed by atoms with Crippen molar-refractivity contribution < 1.29 is 23.8 Å². The number of fused-ring (bicyclic) bond motifs is 3. The van der Waals surface area contributed by atoms with Crippen LogP contribution in [0.1, 0.15) is 34.1 Å². The quantitative estimate of drug-likeness (QED) is 0.377. The van der Waals surface area contributed by atoms with Gasteiger partial charge in [-0.2, -0.15) is 0 Å². The highest BCUT2D eigenvalue weighted by Gasteiger charge is 2.29. The highest BCUT2D eigenvalue weighted by molar-refractivity contribution is 6.06. The van der Waals surface area contributed by atoms with Crippen molar-refractivity contribution in [1.29, 1.82) is 0 Å². The molecule has 3 aromatic carbocycles. The van der Waals surface area contributed by atoms with Gasteiger partial charge in [0.15, 0.2) is 17.6 Å². The number of para-hydroxylation sites is 1. The van der Waals surface area contributed by atoms with Crippen LogP contribution in [-0.2, 0) is 29.0 Å². The maximum atomic E-state index is 13.6. The zero-order chi connectivity index (χ0) is 26.1. The Hall–Kier alpha value is -4.43. The first-order valence-corrected chi connectivity index (χ1v) is 12.6. The van der Waals surface area contributed by atoms with Gasteiger partial charge in [0.05, 0.1) is 11.1 Å². The minimum absolute atomic E-state index is 0.147. The average molecular weight is 510 g/mol.